The van der Waals surface area contributed by atoms with E-state index in [1.54, 1.807) is 0 Å². The van der Waals surface area contributed by atoms with Crippen LogP contribution in [0.1, 0.15) is 12.8 Å². The molecule has 0 spiro atoms. The number of likely N-dealkylation sites (N-methyl/N-ethyl adjacent to an activating group) is 1. The van der Waals surface area contributed by atoms with Gasteiger partial charge < -0.3 is 4.90 Å². The second-order valence-corrected chi connectivity index (χ2v) is 7.23. The second-order valence-electron chi connectivity index (χ2n) is 5.00. The molecule has 2 unspecified atom stereocenters. The van der Waals surface area contributed by atoms with Crippen LogP contribution < -0.4 is 5.32 Å². The van der Waals surface area contributed by atoms with Crippen LogP contribution in [0.4, 0.5) is 8.78 Å². The first-order chi connectivity index (χ1) is 8.20. The zero-order valence-corrected chi connectivity index (χ0v) is 10.8. The van der Waals surface area contributed by atoms with Crippen LogP contribution in [0.3, 0.4) is 0 Å². The monoisotopic (exact) mass is 282 g/mol. The number of hydrogen-bond acceptors (Lipinski definition) is 4. The van der Waals surface area contributed by atoms with Crippen LogP contribution >= 0.6 is 0 Å². The van der Waals surface area contributed by atoms with Crippen molar-refractivity contribution in [2.45, 2.75) is 30.8 Å². The molecule has 2 rings (SSSR count). The molecule has 104 valence electrons. The molecular formula is C10H16F2N2O3S. The van der Waals surface area contributed by atoms with E-state index < -0.39 is 46.7 Å². The Labute approximate surface area is 104 Å². The highest BCUT2D eigenvalue weighted by atomic mass is 32.2. The largest absolute Gasteiger partial charge is 0.340 e. The third kappa shape index (κ3) is 2.80. The molecule has 2 aliphatic heterocycles. The fourth-order valence-electron chi connectivity index (χ4n) is 2.40. The molecule has 1 N–H and O–H groups in total. The maximum Gasteiger partial charge on any atom is 0.262 e. The van der Waals surface area contributed by atoms with Crippen LogP contribution in [0.2, 0.25) is 0 Å². The standard InChI is InChI=1S/C10H16F2N2O3S/c1-14(7-2-3-18(16,17)5-7)9(15)8-4-10(11,12)6-13-8/h7-8,13H,2-6H2,1H3. The highest BCUT2D eigenvalue weighted by Crippen LogP contribution is 2.27. The molecule has 5 nitrogen and oxygen atoms in total. The normalized spacial score (nSPS) is 33.5. The third-order valence-electron chi connectivity index (χ3n) is 3.51. The SMILES string of the molecule is CN(C(=O)C1CC(F)(F)CN1)C1CCS(=O)(=O)C1. The number of alkyl halides is 2. The van der Waals surface area contributed by atoms with E-state index in [1.807, 2.05) is 0 Å². The van der Waals surface area contributed by atoms with Crippen LogP contribution in [-0.4, -0.2) is 62.3 Å². The molecule has 0 saturated carbocycles. The van der Waals surface area contributed by atoms with E-state index in [0.29, 0.717) is 6.42 Å². The minimum Gasteiger partial charge on any atom is -0.340 e. The van der Waals surface area contributed by atoms with Gasteiger partial charge >= 0.3 is 0 Å². The maximum atomic E-state index is 13.0. The van der Waals surface area contributed by atoms with Crippen molar-refractivity contribution in [2.24, 2.45) is 0 Å². The summed E-state index contributed by atoms with van der Waals surface area (Å²) in [7, 11) is -1.60. The lowest BCUT2D eigenvalue weighted by atomic mass is 10.1. The Morgan fingerprint density at radius 1 is 1.44 bits per heavy atom. The smallest absolute Gasteiger partial charge is 0.262 e. The number of hydrogen-bond donors (Lipinski definition) is 1. The van der Waals surface area contributed by atoms with Crippen molar-refractivity contribution in [1.29, 1.82) is 0 Å². The molecule has 0 bridgehead atoms. The predicted octanol–water partition coefficient (Wildman–Crippen LogP) is -0.371. The van der Waals surface area contributed by atoms with Crippen molar-refractivity contribution in [3.05, 3.63) is 0 Å². The molecule has 1 amide bonds. The van der Waals surface area contributed by atoms with Crippen LogP contribution in [0.25, 0.3) is 0 Å². The van der Waals surface area contributed by atoms with E-state index in [-0.39, 0.29) is 11.5 Å². The lowest BCUT2D eigenvalue weighted by molar-refractivity contribution is -0.134. The molecule has 0 aromatic heterocycles. The summed E-state index contributed by atoms with van der Waals surface area (Å²) >= 11 is 0. The summed E-state index contributed by atoms with van der Waals surface area (Å²) in [4.78, 5) is 13.3. The van der Waals surface area contributed by atoms with Gasteiger partial charge in [-0.1, -0.05) is 0 Å². The molecular weight excluding hydrogens is 266 g/mol. The van der Waals surface area contributed by atoms with E-state index in [4.69, 9.17) is 0 Å². The van der Waals surface area contributed by atoms with Crippen molar-refractivity contribution in [2.75, 3.05) is 25.1 Å². The zero-order valence-electron chi connectivity index (χ0n) is 10.0. The molecule has 0 aromatic carbocycles. The minimum atomic E-state index is -3.08. The zero-order chi connectivity index (χ0) is 13.6. The van der Waals surface area contributed by atoms with E-state index in [1.165, 1.54) is 11.9 Å². The lowest BCUT2D eigenvalue weighted by Crippen LogP contribution is -2.46. The van der Waals surface area contributed by atoms with Gasteiger partial charge in [-0.05, 0) is 6.42 Å². The number of carbonyl (C=O) groups is 1. The van der Waals surface area contributed by atoms with Crippen molar-refractivity contribution in [3.63, 3.8) is 0 Å². The van der Waals surface area contributed by atoms with Gasteiger partial charge in [-0.15, -0.1) is 0 Å². The van der Waals surface area contributed by atoms with Gasteiger partial charge in [-0.25, -0.2) is 17.2 Å². The average molecular weight is 282 g/mol. The van der Waals surface area contributed by atoms with Gasteiger partial charge in [0, 0.05) is 19.5 Å². The summed E-state index contributed by atoms with van der Waals surface area (Å²) < 4.78 is 48.6. The van der Waals surface area contributed by atoms with E-state index in [2.05, 4.69) is 5.32 Å². The maximum absolute atomic E-state index is 13.0. The quantitative estimate of drug-likeness (QED) is 0.750. The summed E-state index contributed by atoms with van der Waals surface area (Å²) in [6.07, 6.45) is -0.136. The Kier molecular flexibility index (Phi) is 3.35. The number of carbonyl (C=O) groups excluding carboxylic acids is 1. The Hall–Kier alpha value is -0.760. The summed E-state index contributed by atoms with van der Waals surface area (Å²) in [5.41, 5.74) is 0. The Morgan fingerprint density at radius 2 is 2.11 bits per heavy atom. The molecule has 2 fully saturated rings. The van der Waals surface area contributed by atoms with Crippen LogP contribution in [0.5, 0.6) is 0 Å². The molecule has 2 heterocycles. The van der Waals surface area contributed by atoms with E-state index in [0.717, 1.165) is 0 Å². The van der Waals surface area contributed by atoms with Crippen LogP contribution in [0.15, 0.2) is 0 Å². The molecule has 18 heavy (non-hydrogen) atoms. The van der Waals surface area contributed by atoms with Crippen molar-refractivity contribution in [1.82, 2.24) is 10.2 Å². The number of rotatable bonds is 2. The van der Waals surface area contributed by atoms with Crippen LogP contribution in [-0.2, 0) is 14.6 Å². The Bertz CT molecular complexity index is 452. The highest BCUT2D eigenvalue weighted by Gasteiger charge is 2.44. The molecule has 2 atom stereocenters. The fourth-order valence-corrected chi connectivity index (χ4v) is 4.17. The van der Waals surface area contributed by atoms with Gasteiger partial charge in [0.05, 0.1) is 24.1 Å². The van der Waals surface area contributed by atoms with Crippen molar-refractivity contribution in [3.8, 4) is 0 Å². The topological polar surface area (TPSA) is 66.5 Å². The third-order valence-corrected chi connectivity index (χ3v) is 5.26. The number of halogens is 2. The second kappa shape index (κ2) is 4.41. The molecule has 2 saturated heterocycles. The summed E-state index contributed by atoms with van der Waals surface area (Å²) in [5, 5.41) is 2.48. The number of nitrogens with zero attached hydrogens (tertiary/aromatic N) is 1. The van der Waals surface area contributed by atoms with E-state index >= 15 is 0 Å². The molecule has 0 aromatic rings. The number of sulfone groups is 1. The molecule has 8 heteroatoms. The Morgan fingerprint density at radius 3 is 2.56 bits per heavy atom. The van der Waals surface area contributed by atoms with Crippen LogP contribution in [0, 0.1) is 0 Å². The lowest BCUT2D eigenvalue weighted by Gasteiger charge is -2.26. The number of amides is 1. The van der Waals surface area contributed by atoms with Gasteiger partial charge in [0.15, 0.2) is 9.84 Å². The van der Waals surface area contributed by atoms with Gasteiger partial charge in [0.2, 0.25) is 5.91 Å². The molecule has 2 aliphatic rings. The van der Waals surface area contributed by atoms with Gasteiger partial charge in [0.1, 0.15) is 0 Å². The van der Waals surface area contributed by atoms with Crippen molar-refractivity contribution >= 4 is 15.7 Å². The van der Waals surface area contributed by atoms with Gasteiger partial charge in [0.25, 0.3) is 5.92 Å². The highest BCUT2D eigenvalue weighted by molar-refractivity contribution is 7.91. The summed E-state index contributed by atoms with van der Waals surface area (Å²) in [6.45, 7) is -0.500. The Balaban J connectivity index is 1.98. The first kappa shape index (κ1) is 13.7. The van der Waals surface area contributed by atoms with Crippen molar-refractivity contribution < 1.29 is 22.0 Å². The van der Waals surface area contributed by atoms with E-state index in [9.17, 15) is 22.0 Å². The fraction of sp³-hybridized carbons (Fsp3) is 0.900. The minimum absolute atomic E-state index is 0.0591. The molecule has 0 aliphatic carbocycles. The first-order valence-electron chi connectivity index (χ1n) is 5.78. The first-order valence-corrected chi connectivity index (χ1v) is 7.61. The predicted molar refractivity (Wildman–Crippen MR) is 61.2 cm³/mol. The summed E-state index contributed by atoms with van der Waals surface area (Å²) in [6, 6.07) is -1.30. The number of nitrogens with one attached hydrogen (secondary N) is 1. The van der Waals surface area contributed by atoms with Gasteiger partial charge in [-0.2, -0.15) is 0 Å². The average Bonchev–Trinajstić information content (AvgIpc) is 2.79. The summed E-state index contributed by atoms with van der Waals surface area (Å²) in [5.74, 6) is -3.32. The van der Waals surface area contributed by atoms with Gasteiger partial charge in [-0.3, -0.25) is 10.1 Å². The molecule has 0 radical (unpaired) electrons.